The monoisotopic (exact) mass is 493 g/mol. The van der Waals surface area contributed by atoms with Crippen LogP contribution in [0.4, 0.5) is 24.7 Å². The summed E-state index contributed by atoms with van der Waals surface area (Å²) < 4.78 is 44.2. The van der Waals surface area contributed by atoms with Crippen molar-refractivity contribution >= 4 is 39.7 Å². The van der Waals surface area contributed by atoms with Gasteiger partial charge in [-0.2, -0.15) is 0 Å². The Hall–Kier alpha value is -2.55. The van der Waals surface area contributed by atoms with E-state index in [-0.39, 0.29) is 11.3 Å². The summed E-state index contributed by atoms with van der Waals surface area (Å²) in [6.07, 6.45) is 0. The fraction of sp³-hybridized carbons (Fsp3) is 0.0952. The first-order chi connectivity index (χ1) is 13.5. The van der Waals surface area contributed by atoms with E-state index in [1.54, 1.807) is 22.6 Å². The number of nitrogens with zero attached hydrogens (tertiary/aromatic N) is 2. The van der Waals surface area contributed by atoms with Crippen molar-refractivity contribution in [2.24, 2.45) is 0 Å². The topological polar surface area (TPSA) is 29.3 Å². The van der Waals surface area contributed by atoms with E-state index < -0.39 is 18.3 Å². The van der Waals surface area contributed by atoms with Gasteiger partial charge in [-0.05, 0) is 65.4 Å². The Morgan fingerprint density at radius 2 is 1.86 bits per heavy atom. The number of halogens is 4. The molecule has 0 spiro atoms. The lowest BCUT2D eigenvalue weighted by Crippen LogP contribution is -2.03. The van der Waals surface area contributed by atoms with Crippen LogP contribution < -0.4 is 5.32 Å². The van der Waals surface area contributed by atoms with Crippen molar-refractivity contribution in [3.05, 3.63) is 81.1 Å². The number of hydrogen-bond acceptors (Lipinski definition) is 2. The molecule has 4 aromatic rings. The standard InChI is InChI=1S/C21H15F3IN3/c1-12-4-2-6-17(25)19(12)27-21-20(15-9-8-13(23)10-16(15)24)26-18-7-3-5-14(11-22)28(18)21/h2-10,27H,11H2,1H3. The van der Waals surface area contributed by atoms with Gasteiger partial charge in [0.25, 0.3) is 0 Å². The molecule has 2 aromatic heterocycles. The Morgan fingerprint density at radius 1 is 1.07 bits per heavy atom. The summed E-state index contributed by atoms with van der Waals surface area (Å²) in [5.41, 5.74) is 3.08. The molecule has 0 saturated heterocycles. The number of fused-ring (bicyclic) bond motifs is 1. The first-order valence-corrected chi connectivity index (χ1v) is 9.61. The van der Waals surface area contributed by atoms with Crippen LogP contribution in [0.25, 0.3) is 16.9 Å². The maximum Gasteiger partial charge on any atom is 0.143 e. The zero-order valence-electron chi connectivity index (χ0n) is 14.8. The molecule has 2 heterocycles. The van der Waals surface area contributed by atoms with E-state index in [0.29, 0.717) is 17.2 Å². The fourth-order valence-electron chi connectivity index (χ4n) is 3.16. The average Bonchev–Trinajstić information content (AvgIpc) is 3.03. The molecule has 0 radical (unpaired) electrons. The summed E-state index contributed by atoms with van der Waals surface area (Å²) in [4.78, 5) is 4.51. The van der Waals surface area contributed by atoms with Crippen LogP contribution in [0.1, 0.15) is 11.3 Å². The van der Waals surface area contributed by atoms with Crippen molar-refractivity contribution in [3.63, 3.8) is 0 Å². The second kappa shape index (κ2) is 7.46. The smallest absolute Gasteiger partial charge is 0.143 e. The van der Waals surface area contributed by atoms with Crippen molar-refractivity contribution in [2.45, 2.75) is 13.6 Å². The highest BCUT2D eigenvalue weighted by Crippen LogP contribution is 2.36. The summed E-state index contributed by atoms with van der Waals surface area (Å²) in [6, 6.07) is 14.2. The number of pyridine rings is 1. The maximum absolute atomic E-state index is 14.5. The van der Waals surface area contributed by atoms with Gasteiger partial charge in [-0.25, -0.2) is 18.2 Å². The Balaban J connectivity index is 2.01. The van der Waals surface area contributed by atoms with E-state index in [1.165, 1.54) is 12.1 Å². The lowest BCUT2D eigenvalue weighted by atomic mass is 10.1. The van der Waals surface area contributed by atoms with E-state index in [1.807, 2.05) is 25.1 Å². The fourth-order valence-corrected chi connectivity index (χ4v) is 3.93. The number of anilines is 2. The Morgan fingerprint density at radius 3 is 2.57 bits per heavy atom. The molecule has 4 rings (SSSR count). The summed E-state index contributed by atoms with van der Waals surface area (Å²) >= 11 is 2.20. The summed E-state index contributed by atoms with van der Waals surface area (Å²) in [5.74, 6) is -0.967. The molecular weight excluding hydrogens is 478 g/mol. The van der Waals surface area contributed by atoms with Gasteiger partial charge >= 0.3 is 0 Å². The molecule has 0 aliphatic carbocycles. The highest BCUT2D eigenvalue weighted by atomic mass is 127. The average molecular weight is 493 g/mol. The molecule has 0 fully saturated rings. The lowest BCUT2D eigenvalue weighted by molar-refractivity contribution is 0.473. The molecule has 0 bridgehead atoms. The molecule has 0 unspecified atom stereocenters. The van der Waals surface area contributed by atoms with Crippen molar-refractivity contribution in [2.75, 3.05) is 5.32 Å². The summed E-state index contributed by atoms with van der Waals surface area (Å²) in [6.45, 7) is 1.24. The minimum Gasteiger partial charge on any atom is -0.338 e. The van der Waals surface area contributed by atoms with E-state index in [0.717, 1.165) is 20.9 Å². The van der Waals surface area contributed by atoms with E-state index in [2.05, 4.69) is 32.9 Å². The van der Waals surface area contributed by atoms with Gasteiger partial charge in [0.15, 0.2) is 0 Å². The van der Waals surface area contributed by atoms with Crippen molar-refractivity contribution in [3.8, 4) is 11.3 Å². The van der Waals surface area contributed by atoms with Gasteiger partial charge in [-0.15, -0.1) is 0 Å². The Labute approximate surface area is 173 Å². The van der Waals surface area contributed by atoms with Gasteiger partial charge < -0.3 is 5.32 Å². The molecule has 1 N–H and O–H groups in total. The number of benzene rings is 2. The molecule has 7 heteroatoms. The SMILES string of the molecule is Cc1cccc(I)c1Nc1c(-c2ccc(F)cc2F)nc2cccc(CF)n12. The van der Waals surface area contributed by atoms with Crippen LogP contribution >= 0.6 is 22.6 Å². The van der Waals surface area contributed by atoms with E-state index >= 15 is 0 Å². The van der Waals surface area contributed by atoms with Gasteiger partial charge in [0.2, 0.25) is 0 Å². The minimum absolute atomic E-state index is 0.140. The summed E-state index contributed by atoms with van der Waals surface area (Å²) in [7, 11) is 0. The zero-order chi connectivity index (χ0) is 19.8. The minimum atomic E-state index is -0.729. The number of hydrogen-bond donors (Lipinski definition) is 1. The quantitative estimate of drug-likeness (QED) is 0.333. The van der Waals surface area contributed by atoms with Crippen LogP contribution in [-0.4, -0.2) is 9.38 Å². The second-order valence-corrected chi connectivity index (χ2v) is 7.50. The molecular formula is C21H15F3IN3. The highest BCUT2D eigenvalue weighted by molar-refractivity contribution is 14.1. The van der Waals surface area contributed by atoms with Gasteiger partial charge in [0.1, 0.15) is 35.5 Å². The third-order valence-corrected chi connectivity index (χ3v) is 5.41. The Bertz CT molecular complexity index is 1170. The van der Waals surface area contributed by atoms with Crippen LogP contribution in [-0.2, 0) is 6.67 Å². The van der Waals surface area contributed by atoms with E-state index in [9.17, 15) is 13.2 Å². The molecule has 3 nitrogen and oxygen atoms in total. The molecule has 0 aliphatic heterocycles. The lowest BCUT2D eigenvalue weighted by Gasteiger charge is -2.14. The molecule has 2 aromatic carbocycles. The van der Waals surface area contributed by atoms with Gasteiger partial charge in [-0.3, -0.25) is 4.40 Å². The normalized spacial score (nSPS) is 11.2. The van der Waals surface area contributed by atoms with Gasteiger partial charge in [-0.1, -0.05) is 18.2 Å². The number of nitrogens with one attached hydrogen (secondary N) is 1. The number of aryl methyl sites for hydroxylation is 1. The molecule has 0 aliphatic rings. The number of imidazole rings is 1. The highest BCUT2D eigenvalue weighted by Gasteiger charge is 2.20. The molecule has 0 atom stereocenters. The van der Waals surface area contributed by atoms with Crippen molar-refractivity contribution < 1.29 is 13.2 Å². The molecule has 28 heavy (non-hydrogen) atoms. The predicted octanol–water partition coefficient (Wildman–Crippen LogP) is 6.41. The number of aromatic nitrogens is 2. The zero-order valence-corrected chi connectivity index (χ0v) is 17.0. The Kier molecular flexibility index (Phi) is 5.01. The predicted molar refractivity (Wildman–Crippen MR) is 113 cm³/mol. The largest absolute Gasteiger partial charge is 0.338 e. The van der Waals surface area contributed by atoms with Gasteiger partial charge in [0.05, 0.1) is 11.4 Å². The van der Waals surface area contributed by atoms with Crippen LogP contribution in [0.15, 0.2) is 54.6 Å². The van der Waals surface area contributed by atoms with Gasteiger partial charge in [0, 0.05) is 15.2 Å². The van der Waals surface area contributed by atoms with Crippen LogP contribution in [0.3, 0.4) is 0 Å². The van der Waals surface area contributed by atoms with Crippen LogP contribution in [0, 0.1) is 22.1 Å². The molecule has 0 saturated carbocycles. The number of alkyl halides is 1. The number of para-hydroxylation sites is 1. The second-order valence-electron chi connectivity index (χ2n) is 6.33. The molecule has 0 amide bonds. The van der Waals surface area contributed by atoms with E-state index in [4.69, 9.17) is 0 Å². The van der Waals surface area contributed by atoms with Crippen molar-refractivity contribution in [1.29, 1.82) is 0 Å². The maximum atomic E-state index is 14.5. The first kappa shape index (κ1) is 18.8. The third-order valence-electron chi connectivity index (χ3n) is 4.51. The van der Waals surface area contributed by atoms with Crippen LogP contribution in [0.5, 0.6) is 0 Å². The summed E-state index contributed by atoms with van der Waals surface area (Å²) in [5, 5.41) is 3.31. The van der Waals surface area contributed by atoms with Crippen LogP contribution in [0.2, 0.25) is 0 Å². The molecule has 142 valence electrons. The third kappa shape index (κ3) is 3.23. The number of rotatable bonds is 4. The van der Waals surface area contributed by atoms with Crippen molar-refractivity contribution in [1.82, 2.24) is 9.38 Å². The first-order valence-electron chi connectivity index (χ1n) is 8.53.